The van der Waals surface area contributed by atoms with E-state index >= 15 is 0 Å². The first-order valence-electron chi connectivity index (χ1n) is 11.9. The van der Waals surface area contributed by atoms with Crippen LogP contribution in [-0.4, -0.2) is 60.1 Å². The first kappa shape index (κ1) is 23.1. The van der Waals surface area contributed by atoms with E-state index in [1.165, 1.54) is 0 Å². The molecule has 3 aromatic heterocycles. The second kappa shape index (κ2) is 8.65. The highest BCUT2D eigenvalue weighted by Gasteiger charge is 2.40. The van der Waals surface area contributed by atoms with Crippen molar-refractivity contribution in [1.82, 2.24) is 18.9 Å². The minimum absolute atomic E-state index is 0.0329. The molecule has 10 heteroatoms. The average Bonchev–Trinajstić information content (AvgIpc) is 3.32. The van der Waals surface area contributed by atoms with Gasteiger partial charge < -0.3 is 19.5 Å². The molecule has 0 radical (unpaired) electrons. The Kier molecular flexibility index (Phi) is 5.55. The molecule has 2 aliphatic rings. The molecule has 36 heavy (non-hydrogen) atoms. The van der Waals surface area contributed by atoms with Gasteiger partial charge in [-0.1, -0.05) is 18.2 Å². The van der Waals surface area contributed by atoms with E-state index in [1.54, 1.807) is 30.2 Å². The number of ether oxygens (including phenoxy) is 2. The Bertz CT molecular complexity index is 1470. The summed E-state index contributed by atoms with van der Waals surface area (Å²) in [5.41, 5.74) is 0.475. The molecular weight excluding hydrogens is 478 g/mol. The largest absolute Gasteiger partial charge is 0.485 e. The number of anilines is 1. The number of rotatable bonds is 4. The highest BCUT2D eigenvalue weighted by Crippen LogP contribution is 2.42. The van der Waals surface area contributed by atoms with Gasteiger partial charge in [0.05, 0.1) is 30.2 Å². The SMILES string of the molecule is C[C@@H]1COC[C@H]2COc3c(nc(-c4ccnc5c4ccn5S(=O)c4ccccc4)nc3C(C)(C)O)N21. The van der Waals surface area contributed by atoms with E-state index in [1.807, 2.05) is 42.5 Å². The lowest BCUT2D eigenvalue weighted by Crippen LogP contribution is -2.56. The van der Waals surface area contributed by atoms with Crippen LogP contribution in [0.15, 0.2) is 59.8 Å². The molecule has 5 heterocycles. The van der Waals surface area contributed by atoms with Gasteiger partial charge in [-0.3, -0.25) is 0 Å². The molecule has 1 N–H and O–H groups in total. The molecule has 0 spiro atoms. The van der Waals surface area contributed by atoms with Crippen LogP contribution < -0.4 is 9.64 Å². The summed E-state index contributed by atoms with van der Waals surface area (Å²) in [7, 11) is -1.45. The predicted molar refractivity (Wildman–Crippen MR) is 136 cm³/mol. The van der Waals surface area contributed by atoms with Crippen molar-refractivity contribution in [2.24, 2.45) is 0 Å². The molecule has 9 nitrogen and oxygen atoms in total. The molecule has 1 saturated heterocycles. The zero-order chi connectivity index (χ0) is 25.0. The summed E-state index contributed by atoms with van der Waals surface area (Å²) in [4.78, 5) is 17.2. The van der Waals surface area contributed by atoms with Crippen LogP contribution in [0.3, 0.4) is 0 Å². The Morgan fingerprint density at radius 3 is 2.67 bits per heavy atom. The fraction of sp³-hybridized carbons (Fsp3) is 0.346. The minimum atomic E-state index is -1.45. The molecule has 1 fully saturated rings. The zero-order valence-corrected chi connectivity index (χ0v) is 21.1. The second-order valence-electron chi connectivity index (χ2n) is 9.67. The lowest BCUT2D eigenvalue weighted by Gasteiger charge is -2.45. The Morgan fingerprint density at radius 2 is 1.89 bits per heavy atom. The average molecular weight is 506 g/mol. The van der Waals surface area contributed by atoms with Crippen molar-refractivity contribution in [2.75, 3.05) is 24.7 Å². The number of hydrogen-bond acceptors (Lipinski definition) is 8. The van der Waals surface area contributed by atoms with Crippen molar-refractivity contribution in [1.29, 1.82) is 0 Å². The van der Waals surface area contributed by atoms with Gasteiger partial charge in [0.15, 0.2) is 34.0 Å². The maximum absolute atomic E-state index is 13.3. The molecule has 0 aliphatic carbocycles. The van der Waals surface area contributed by atoms with E-state index < -0.39 is 16.6 Å². The monoisotopic (exact) mass is 505 g/mol. The number of benzene rings is 1. The van der Waals surface area contributed by atoms with Crippen LogP contribution in [0.4, 0.5) is 5.82 Å². The van der Waals surface area contributed by atoms with E-state index in [-0.39, 0.29) is 12.1 Å². The summed E-state index contributed by atoms with van der Waals surface area (Å²) in [5, 5.41) is 11.8. The fourth-order valence-corrected chi connectivity index (χ4v) is 5.95. The lowest BCUT2D eigenvalue weighted by molar-refractivity contribution is 0.0425. The van der Waals surface area contributed by atoms with Crippen LogP contribution in [-0.2, 0) is 21.3 Å². The third-order valence-electron chi connectivity index (χ3n) is 6.55. The van der Waals surface area contributed by atoms with Crippen LogP contribution in [0, 0.1) is 0 Å². The molecular formula is C26H27N5O4S. The van der Waals surface area contributed by atoms with Crippen LogP contribution >= 0.6 is 0 Å². The number of pyridine rings is 1. The van der Waals surface area contributed by atoms with Crippen molar-refractivity contribution in [3.05, 3.63) is 60.6 Å². The van der Waals surface area contributed by atoms with Gasteiger partial charge in [0.2, 0.25) is 0 Å². The van der Waals surface area contributed by atoms with Gasteiger partial charge in [-0.05, 0) is 45.0 Å². The Hall–Kier alpha value is -3.34. The van der Waals surface area contributed by atoms with E-state index in [2.05, 4.69) is 16.8 Å². The summed E-state index contributed by atoms with van der Waals surface area (Å²) in [6.07, 6.45) is 3.43. The highest BCUT2D eigenvalue weighted by molar-refractivity contribution is 7.83. The minimum Gasteiger partial charge on any atom is -0.485 e. The van der Waals surface area contributed by atoms with Crippen molar-refractivity contribution in [3.8, 4) is 17.1 Å². The molecule has 1 aromatic carbocycles. The molecule has 1 unspecified atom stereocenters. The van der Waals surface area contributed by atoms with Gasteiger partial charge in [0.1, 0.15) is 17.9 Å². The first-order valence-corrected chi connectivity index (χ1v) is 13.0. The van der Waals surface area contributed by atoms with Crippen LogP contribution in [0.2, 0.25) is 0 Å². The van der Waals surface area contributed by atoms with Crippen molar-refractivity contribution in [2.45, 2.75) is 43.4 Å². The summed E-state index contributed by atoms with van der Waals surface area (Å²) in [6.45, 7) is 7.06. The van der Waals surface area contributed by atoms with Crippen LogP contribution in [0.25, 0.3) is 22.4 Å². The first-order chi connectivity index (χ1) is 17.3. The van der Waals surface area contributed by atoms with E-state index in [4.69, 9.17) is 19.4 Å². The molecule has 3 atom stereocenters. The molecule has 186 valence electrons. The third kappa shape index (κ3) is 3.76. The van der Waals surface area contributed by atoms with Gasteiger partial charge in [-0.25, -0.2) is 23.1 Å². The van der Waals surface area contributed by atoms with Crippen molar-refractivity contribution < 1.29 is 18.8 Å². The smallest absolute Gasteiger partial charge is 0.186 e. The molecule has 0 amide bonds. The number of nitrogens with zero attached hydrogens (tertiary/aromatic N) is 5. The van der Waals surface area contributed by atoms with Gasteiger partial charge in [0, 0.05) is 23.3 Å². The van der Waals surface area contributed by atoms with Gasteiger partial charge >= 0.3 is 0 Å². The van der Waals surface area contributed by atoms with E-state index in [0.717, 1.165) is 10.9 Å². The molecule has 6 rings (SSSR count). The molecule has 2 aliphatic heterocycles. The van der Waals surface area contributed by atoms with Gasteiger partial charge in [-0.15, -0.1) is 0 Å². The van der Waals surface area contributed by atoms with Crippen molar-refractivity contribution in [3.63, 3.8) is 0 Å². The van der Waals surface area contributed by atoms with Crippen molar-refractivity contribution >= 4 is 27.8 Å². The number of hydrogen-bond donors (Lipinski definition) is 1. The lowest BCUT2D eigenvalue weighted by atomic mass is 10.0. The zero-order valence-electron chi connectivity index (χ0n) is 20.3. The predicted octanol–water partition coefficient (Wildman–Crippen LogP) is 3.28. The molecule has 0 bridgehead atoms. The summed E-state index contributed by atoms with van der Waals surface area (Å²) >= 11 is 0. The maximum atomic E-state index is 13.3. The summed E-state index contributed by atoms with van der Waals surface area (Å²) in [5.74, 6) is 1.61. The number of aromatic nitrogens is 4. The third-order valence-corrected chi connectivity index (χ3v) is 7.88. The van der Waals surface area contributed by atoms with Crippen LogP contribution in [0.5, 0.6) is 5.75 Å². The summed E-state index contributed by atoms with van der Waals surface area (Å²) < 4.78 is 26.8. The second-order valence-corrected chi connectivity index (χ2v) is 11.0. The highest BCUT2D eigenvalue weighted by atomic mass is 32.2. The van der Waals surface area contributed by atoms with Crippen LogP contribution in [0.1, 0.15) is 26.5 Å². The Morgan fingerprint density at radius 1 is 1.08 bits per heavy atom. The number of morpholine rings is 1. The molecule has 0 saturated carbocycles. The van der Waals surface area contributed by atoms with E-state index in [9.17, 15) is 9.32 Å². The standard InChI is InChI=1S/C26H27N5O4S/c1-16-13-34-14-17-15-35-21-22(26(2,3)32)28-23(29-25(21)31(16)17)19-9-11-27-24-20(19)10-12-30(24)36(33)18-7-5-4-6-8-18/h4-12,16-17,32H,13-15H2,1-3H3/t16-,17+,36?/m1/s1. The topological polar surface area (TPSA) is 103 Å². The Balaban J connectivity index is 1.53. The quantitative estimate of drug-likeness (QED) is 0.451. The number of aliphatic hydroxyl groups is 1. The normalized spacial score (nSPS) is 20.5. The van der Waals surface area contributed by atoms with Gasteiger partial charge in [-0.2, -0.15) is 0 Å². The summed E-state index contributed by atoms with van der Waals surface area (Å²) in [6, 6.07) is 13.1. The Labute approximate surface area is 211 Å². The van der Waals surface area contributed by atoms with Gasteiger partial charge in [0.25, 0.3) is 0 Å². The van der Waals surface area contributed by atoms with E-state index in [0.29, 0.717) is 53.4 Å². The maximum Gasteiger partial charge on any atom is 0.186 e. The fourth-order valence-electron chi connectivity index (χ4n) is 4.86. The molecule has 4 aromatic rings. The number of fused-ring (bicyclic) bond motifs is 4.